The fourth-order valence-corrected chi connectivity index (χ4v) is 3.60. The topological polar surface area (TPSA) is 105 Å². The van der Waals surface area contributed by atoms with E-state index in [9.17, 15) is 8.76 Å². The van der Waals surface area contributed by atoms with Gasteiger partial charge in [-0.1, -0.05) is 6.07 Å². The lowest BCUT2D eigenvalue weighted by atomic mass is 10.3. The van der Waals surface area contributed by atoms with Crippen molar-refractivity contribution in [3.63, 3.8) is 0 Å². The highest BCUT2D eigenvalue weighted by molar-refractivity contribution is 7.99. The number of aryl methyl sites for hydroxylation is 2. The van der Waals surface area contributed by atoms with Gasteiger partial charge in [0.05, 0.1) is 17.6 Å². The Bertz CT molecular complexity index is 940. The molecule has 0 aliphatic heterocycles. The normalized spacial score (nSPS) is 13.2. The maximum Gasteiger partial charge on any atom is 0.347 e. The third kappa shape index (κ3) is 3.89. The van der Waals surface area contributed by atoms with Crippen molar-refractivity contribution in [2.75, 3.05) is 10.0 Å². The van der Waals surface area contributed by atoms with E-state index in [1.54, 1.807) is 43.2 Å². The van der Waals surface area contributed by atoms with Gasteiger partial charge in [0.15, 0.2) is 0 Å². The molecule has 0 spiro atoms. The summed E-state index contributed by atoms with van der Waals surface area (Å²) in [5, 5.41) is 7.39. The lowest BCUT2D eigenvalue weighted by Crippen LogP contribution is -2.21. The number of pyridine rings is 2. The van der Waals surface area contributed by atoms with E-state index in [-0.39, 0.29) is 4.90 Å². The highest BCUT2D eigenvalue weighted by atomic mass is 32.3. The first-order valence-corrected chi connectivity index (χ1v) is 9.52. The van der Waals surface area contributed by atoms with Crippen LogP contribution in [0.2, 0.25) is 0 Å². The van der Waals surface area contributed by atoms with Gasteiger partial charge in [0.25, 0.3) is 0 Å². The summed E-state index contributed by atoms with van der Waals surface area (Å²) < 4.78 is 27.5. The van der Waals surface area contributed by atoms with Gasteiger partial charge in [-0.2, -0.15) is 14.4 Å². The van der Waals surface area contributed by atoms with Gasteiger partial charge < -0.3 is 5.32 Å². The Balaban J connectivity index is 1.71. The zero-order valence-electron chi connectivity index (χ0n) is 14.8. The van der Waals surface area contributed by atoms with E-state index in [1.165, 1.54) is 6.20 Å². The molecule has 0 aromatic carbocycles. The quantitative estimate of drug-likeness (QED) is 0.574. The second-order valence-corrected chi connectivity index (χ2v) is 7.62. The average molecular weight is 373 g/mol. The molecule has 1 unspecified atom stereocenters. The summed E-state index contributed by atoms with van der Waals surface area (Å²) >= 11 is 0. The Labute approximate surface area is 153 Å². The van der Waals surface area contributed by atoms with Crippen LogP contribution in [-0.4, -0.2) is 24.3 Å². The van der Waals surface area contributed by atoms with E-state index < -0.39 is 10.4 Å². The molecule has 0 saturated carbocycles. The van der Waals surface area contributed by atoms with Crippen LogP contribution in [0.15, 0.2) is 47.8 Å². The minimum Gasteiger partial charge on any atom is -0.366 e. The number of anilines is 2. The molecule has 3 N–H and O–H groups in total. The van der Waals surface area contributed by atoms with Crippen LogP contribution in [-0.2, 0) is 28.2 Å². The summed E-state index contributed by atoms with van der Waals surface area (Å²) in [6, 6.07) is 7.07. The van der Waals surface area contributed by atoms with Crippen LogP contribution in [0, 0.1) is 13.8 Å². The molecular weight excluding hydrogens is 352 g/mol. The Kier molecular flexibility index (Phi) is 5.01. The van der Waals surface area contributed by atoms with Crippen LogP contribution in [0.5, 0.6) is 0 Å². The molecule has 0 saturated heterocycles. The van der Waals surface area contributed by atoms with Crippen LogP contribution in [0.25, 0.3) is 0 Å². The molecular formula is C17H21N6O2S+. The molecule has 3 aromatic rings. The molecule has 8 nitrogen and oxygen atoms in total. The van der Waals surface area contributed by atoms with Crippen molar-refractivity contribution >= 4 is 21.9 Å². The number of nitrogens with one attached hydrogen (secondary N) is 2. The maximum absolute atomic E-state index is 12.7. The molecule has 3 rings (SSSR count). The summed E-state index contributed by atoms with van der Waals surface area (Å²) in [7, 11) is -1.69. The van der Waals surface area contributed by atoms with Crippen molar-refractivity contribution in [1.29, 1.82) is 0 Å². The second kappa shape index (κ2) is 7.22. The zero-order valence-corrected chi connectivity index (χ0v) is 15.6. The van der Waals surface area contributed by atoms with E-state index >= 15 is 0 Å². The van der Waals surface area contributed by atoms with Gasteiger partial charge in [0, 0.05) is 32.1 Å². The lowest BCUT2D eigenvalue weighted by Gasteiger charge is -2.08. The fourth-order valence-electron chi connectivity index (χ4n) is 2.46. The van der Waals surface area contributed by atoms with E-state index in [0.29, 0.717) is 23.7 Å². The Morgan fingerprint density at radius 1 is 1.23 bits per heavy atom. The highest BCUT2D eigenvalue weighted by Crippen LogP contribution is 2.25. The van der Waals surface area contributed by atoms with E-state index in [1.807, 2.05) is 19.1 Å². The summed E-state index contributed by atoms with van der Waals surface area (Å²) in [6.45, 7) is 4.19. The van der Waals surface area contributed by atoms with Crippen LogP contribution in [0.1, 0.15) is 17.0 Å². The van der Waals surface area contributed by atoms with Crippen LogP contribution in [0.3, 0.4) is 0 Å². The summed E-state index contributed by atoms with van der Waals surface area (Å²) in [5.74, 6) is 0.613. The first-order chi connectivity index (χ1) is 12.4. The van der Waals surface area contributed by atoms with E-state index in [2.05, 4.69) is 25.1 Å². The van der Waals surface area contributed by atoms with Gasteiger partial charge in [-0.25, -0.2) is 4.98 Å². The lowest BCUT2D eigenvalue weighted by molar-refractivity contribution is 0.502. The molecule has 3 heterocycles. The van der Waals surface area contributed by atoms with Gasteiger partial charge in [-0.05, 0) is 35.8 Å². The molecule has 136 valence electrons. The summed E-state index contributed by atoms with van der Waals surface area (Å²) in [4.78, 5) is 8.47. The zero-order chi connectivity index (χ0) is 18.7. The van der Waals surface area contributed by atoms with Gasteiger partial charge in [0.2, 0.25) is 4.90 Å². The van der Waals surface area contributed by atoms with Crippen molar-refractivity contribution in [3.05, 3.63) is 59.8 Å². The predicted molar refractivity (Wildman–Crippen MR) is 101 cm³/mol. The van der Waals surface area contributed by atoms with Gasteiger partial charge in [-0.3, -0.25) is 9.67 Å². The molecule has 1 atom stereocenters. The van der Waals surface area contributed by atoms with Crippen molar-refractivity contribution in [2.45, 2.75) is 25.3 Å². The monoisotopic (exact) mass is 373 g/mol. The van der Waals surface area contributed by atoms with Gasteiger partial charge >= 0.3 is 10.4 Å². The fraction of sp³-hybridized carbons (Fsp3) is 0.235. The SMILES string of the molecule is Cc1nn(C)c(C)c1N[S+](=O)(O)c1ccc(NCc2cccnc2)nc1. The molecule has 0 aliphatic rings. The van der Waals surface area contributed by atoms with E-state index in [4.69, 9.17) is 0 Å². The van der Waals surface area contributed by atoms with E-state index in [0.717, 1.165) is 11.3 Å². The molecule has 3 aromatic heterocycles. The van der Waals surface area contributed by atoms with Gasteiger partial charge in [0.1, 0.15) is 11.5 Å². The van der Waals surface area contributed by atoms with Crippen LogP contribution in [0.4, 0.5) is 11.5 Å². The van der Waals surface area contributed by atoms with Gasteiger partial charge in [-0.15, -0.1) is 0 Å². The second-order valence-electron chi connectivity index (χ2n) is 5.89. The number of hydrogen-bond acceptors (Lipinski definition) is 5. The first-order valence-electron chi connectivity index (χ1n) is 8.00. The van der Waals surface area contributed by atoms with Crippen molar-refractivity contribution < 1.29 is 8.76 Å². The first kappa shape index (κ1) is 18.0. The third-order valence-corrected chi connectivity index (χ3v) is 5.36. The largest absolute Gasteiger partial charge is 0.366 e. The van der Waals surface area contributed by atoms with Crippen LogP contribution < -0.4 is 10.0 Å². The van der Waals surface area contributed by atoms with Crippen molar-refractivity contribution in [1.82, 2.24) is 19.7 Å². The Hall–Kier alpha value is -2.78. The third-order valence-electron chi connectivity index (χ3n) is 4.00. The number of nitrogens with zero attached hydrogens (tertiary/aromatic N) is 4. The molecule has 0 radical (unpaired) electrons. The number of rotatable bonds is 6. The Morgan fingerprint density at radius 2 is 2.04 bits per heavy atom. The molecule has 0 aliphatic carbocycles. The smallest absolute Gasteiger partial charge is 0.347 e. The predicted octanol–water partition coefficient (Wildman–Crippen LogP) is 2.80. The number of hydrogen-bond donors (Lipinski definition) is 3. The average Bonchev–Trinajstić information content (AvgIpc) is 2.87. The summed E-state index contributed by atoms with van der Waals surface area (Å²) in [5.41, 5.74) is 3.02. The van der Waals surface area contributed by atoms with Crippen LogP contribution >= 0.6 is 0 Å². The standard InChI is InChI=1S/C17H20N6O2S/c1-12-17(13(2)23(3)21-12)22-26(24,25)15-6-7-16(20-11-15)19-10-14-5-4-8-18-9-14/h4-9,11H,10H2,1-3H3,(H2-,19,20,22,24,25)/p+1. The Morgan fingerprint density at radius 3 is 2.62 bits per heavy atom. The minimum absolute atomic E-state index is 0.201. The van der Waals surface area contributed by atoms with Crippen molar-refractivity contribution in [3.8, 4) is 0 Å². The molecule has 0 amide bonds. The molecule has 9 heteroatoms. The maximum atomic E-state index is 12.7. The molecule has 26 heavy (non-hydrogen) atoms. The molecule has 0 fully saturated rings. The highest BCUT2D eigenvalue weighted by Gasteiger charge is 2.32. The summed E-state index contributed by atoms with van der Waals surface area (Å²) in [6.07, 6.45) is 4.87. The minimum atomic E-state index is -3.48. The molecule has 0 bridgehead atoms. The number of aromatic nitrogens is 4. The van der Waals surface area contributed by atoms with Crippen molar-refractivity contribution in [2.24, 2.45) is 7.05 Å².